The summed E-state index contributed by atoms with van der Waals surface area (Å²) in [6, 6.07) is 6.59. The van der Waals surface area contributed by atoms with Gasteiger partial charge in [0.05, 0.1) is 0 Å². The molecule has 0 spiro atoms. The summed E-state index contributed by atoms with van der Waals surface area (Å²) in [6.07, 6.45) is 5.67. The number of piperidine rings is 1. The number of aryl methyl sites for hydroxylation is 1. The number of hydrogen-bond donors (Lipinski definition) is 1. The van der Waals surface area contributed by atoms with E-state index in [0.717, 1.165) is 25.2 Å². The van der Waals surface area contributed by atoms with Crippen LogP contribution in [0.25, 0.3) is 0 Å². The molecule has 1 aromatic heterocycles. The summed E-state index contributed by atoms with van der Waals surface area (Å²) in [5, 5.41) is 0. The highest BCUT2D eigenvalue weighted by Crippen LogP contribution is 2.26. The van der Waals surface area contributed by atoms with Gasteiger partial charge in [0.1, 0.15) is 5.82 Å². The molecule has 2 aromatic rings. The van der Waals surface area contributed by atoms with Crippen LogP contribution in [0.15, 0.2) is 36.7 Å². The largest absolute Gasteiger partial charge is 0.366 e. The van der Waals surface area contributed by atoms with E-state index in [0.29, 0.717) is 17.7 Å². The lowest BCUT2D eigenvalue weighted by Crippen LogP contribution is -2.39. The number of hydrogen-bond acceptors (Lipinski definition) is 3. The minimum atomic E-state index is -0.524. The van der Waals surface area contributed by atoms with Crippen molar-refractivity contribution in [3.8, 4) is 0 Å². The van der Waals surface area contributed by atoms with Crippen LogP contribution in [0.3, 0.4) is 0 Å². The Morgan fingerprint density at radius 1 is 1.30 bits per heavy atom. The average molecular weight is 312 g/mol. The molecule has 2 N–H and O–H groups in total. The van der Waals surface area contributed by atoms with E-state index in [9.17, 15) is 9.59 Å². The van der Waals surface area contributed by atoms with Gasteiger partial charge in [0.2, 0.25) is 5.91 Å². The summed E-state index contributed by atoms with van der Waals surface area (Å²) in [5.41, 5.74) is 6.15. The Kier molecular flexibility index (Phi) is 4.14. The summed E-state index contributed by atoms with van der Waals surface area (Å²) in [7, 11) is 1.97. The van der Waals surface area contributed by atoms with Gasteiger partial charge in [-0.1, -0.05) is 6.07 Å². The Balaban J connectivity index is 1.78. The van der Waals surface area contributed by atoms with Gasteiger partial charge in [-0.3, -0.25) is 9.59 Å². The van der Waals surface area contributed by atoms with Crippen molar-refractivity contribution in [2.24, 2.45) is 12.8 Å². The van der Waals surface area contributed by atoms with Crippen molar-refractivity contribution < 1.29 is 9.59 Å². The highest BCUT2D eigenvalue weighted by atomic mass is 16.2. The van der Waals surface area contributed by atoms with Crippen molar-refractivity contribution >= 4 is 11.8 Å². The number of imidazole rings is 1. The normalized spacial score (nSPS) is 18.0. The average Bonchev–Trinajstić information content (AvgIpc) is 3.00. The number of rotatable bonds is 3. The third kappa shape index (κ3) is 3.11. The lowest BCUT2D eigenvalue weighted by Gasteiger charge is -2.32. The maximum atomic E-state index is 12.7. The Bertz CT molecular complexity index is 738. The molecule has 3 rings (SSSR count). The molecular formula is C17H20N4O2. The minimum Gasteiger partial charge on any atom is -0.366 e. The number of aromatic nitrogens is 2. The summed E-state index contributed by atoms with van der Waals surface area (Å²) in [5.74, 6) is 0.664. The number of nitrogens with zero attached hydrogens (tertiary/aromatic N) is 3. The maximum Gasteiger partial charge on any atom is 0.253 e. The minimum absolute atomic E-state index is 0.0630. The smallest absolute Gasteiger partial charge is 0.253 e. The van der Waals surface area contributed by atoms with Crippen molar-refractivity contribution in [2.75, 3.05) is 13.1 Å². The summed E-state index contributed by atoms with van der Waals surface area (Å²) < 4.78 is 2.01. The van der Waals surface area contributed by atoms with E-state index in [1.54, 1.807) is 30.5 Å². The van der Waals surface area contributed by atoms with Crippen molar-refractivity contribution in [2.45, 2.75) is 18.8 Å². The van der Waals surface area contributed by atoms with Gasteiger partial charge in [-0.2, -0.15) is 0 Å². The van der Waals surface area contributed by atoms with Crippen LogP contribution in [0.1, 0.15) is 45.3 Å². The van der Waals surface area contributed by atoms with Crippen molar-refractivity contribution in [3.05, 3.63) is 53.6 Å². The number of nitrogens with two attached hydrogens (primary N) is 1. The first-order valence-electron chi connectivity index (χ1n) is 7.72. The second-order valence-electron chi connectivity index (χ2n) is 5.93. The second kappa shape index (κ2) is 6.24. The molecule has 6 nitrogen and oxygen atoms in total. The lowest BCUT2D eigenvalue weighted by atomic mass is 9.96. The lowest BCUT2D eigenvalue weighted by molar-refractivity contribution is 0.0703. The molecule has 2 amide bonds. The molecule has 0 bridgehead atoms. The molecule has 2 heterocycles. The standard InChI is InChI=1S/C17H20N4O2/c1-20-9-7-19-16(20)14-6-3-8-21(11-14)17(23)13-5-2-4-12(10-13)15(18)22/h2,4-5,7,9-10,14H,3,6,8,11H2,1H3,(H2,18,22). The second-order valence-corrected chi connectivity index (χ2v) is 5.93. The molecule has 1 fully saturated rings. The van der Waals surface area contributed by atoms with Gasteiger partial charge in [0.15, 0.2) is 0 Å². The first kappa shape index (κ1) is 15.3. The predicted molar refractivity (Wildman–Crippen MR) is 86.0 cm³/mol. The van der Waals surface area contributed by atoms with Gasteiger partial charge >= 0.3 is 0 Å². The van der Waals surface area contributed by atoms with Crippen LogP contribution in [0.2, 0.25) is 0 Å². The fourth-order valence-electron chi connectivity index (χ4n) is 3.13. The summed E-state index contributed by atoms with van der Waals surface area (Å²) in [6.45, 7) is 1.37. The molecule has 1 aliphatic heterocycles. The topological polar surface area (TPSA) is 81.2 Å². The molecule has 1 atom stereocenters. The van der Waals surface area contributed by atoms with E-state index in [4.69, 9.17) is 5.73 Å². The van der Waals surface area contributed by atoms with Crippen LogP contribution in [0.4, 0.5) is 0 Å². The summed E-state index contributed by atoms with van der Waals surface area (Å²) in [4.78, 5) is 30.2. The fraction of sp³-hybridized carbons (Fsp3) is 0.353. The molecule has 0 radical (unpaired) electrons. The Hall–Kier alpha value is -2.63. The predicted octanol–water partition coefficient (Wildman–Crippen LogP) is 1.54. The SMILES string of the molecule is Cn1ccnc1C1CCCN(C(=O)c2cccc(C(N)=O)c2)C1. The first-order valence-corrected chi connectivity index (χ1v) is 7.72. The number of carbonyl (C=O) groups is 2. The van der Waals surface area contributed by atoms with E-state index in [1.165, 1.54) is 0 Å². The number of benzene rings is 1. The fourth-order valence-corrected chi connectivity index (χ4v) is 3.13. The molecule has 1 aromatic carbocycles. The first-order chi connectivity index (χ1) is 11.1. The van der Waals surface area contributed by atoms with E-state index in [2.05, 4.69) is 4.98 Å². The number of likely N-dealkylation sites (tertiary alicyclic amines) is 1. The zero-order chi connectivity index (χ0) is 16.4. The van der Waals surface area contributed by atoms with Gasteiger partial charge < -0.3 is 15.2 Å². The van der Waals surface area contributed by atoms with E-state index < -0.39 is 5.91 Å². The van der Waals surface area contributed by atoms with E-state index in [-0.39, 0.29) is 11.8 Å². The highest BCUT2D eigenvalue weighted by Gasteiger charge is 2.27. The summed E-state index contributed by atoms with van der Waals surface area (Å²) >= 11 is 0. The zero-order valence-corrected chi connectivity index (χ0v) is 13.1. The Morgan fingerprint density at radius 2 is 2.09 bits per heavy atom. The van der Waals surface area contributed by atoms with Crippen LogP contribution >= 0.6 is 0 Å². The quantitative estimate of drug-likeness (QED) is 0.933. The molecular weight excluding hydrogens is 292 g/mol. The van der Waals surface area contributed by atoms with Gasteiger partial charge in [-0.25, -0.2) is 4.98 Å². The molecule has 23 heavy (non-hydrogen) atoms. The molecule has 6 heteroatoms. The Labute approximate surface area is 134 Å². The van der Waals surface area contributed by atoms with Crippen LogP contribution < -0.4 is 5.73 Å². The van der Waals surface area contributed by atoms with Crippen LogP contribution in [0.5, 0.6) is 0 Å². The van der Waals surface area contributed by atoms with Crippen molar-refractivity contribution in [1.82, 2.24) is 14.5 Å². The van der Waals surface area contributed by atoms with Crippen LogP contribution in [-0.4, -0.2) is 39.4 Å². The molecule has 0 saturated carbocycles. The third-order valence-corrected chi connectivity index (χ3v) is 4.33. The van der Waals surface area contributed by atoms with Gasteiger partial charge in [0.25, 0.3) is 5.91 Å². The monoisotopic (exact) mass is 312 g/mol. The molecule has 0 aliphatic carbocycles. The number of amides is 2. The van der Waals surface area contributed by atoms with E-state index >= 15 is 0 Å². The highest BCUT2D eigenvalue weighted by molar-refractivity contribution is 5.99. The van der Waals surface area contributed by atoms with Gasteiger partial charge in [-0.05, 0) is 31.0 Å². The van der Waals surface area contributed by atoms with E-state index in [1.807, 2.05) is 22.7 Å². The van der Waals surface area contributed by atoms with Gasteiger partial charge in [-0.15, -0.1) is 0 Å². The van der Waals surface area contributed by atoms with Crippen LogP contribution in [-0.2, 0) is 7.05 Å². The molecule has 1 aliphatic rings. The van der Waals surface area contributed by atoms with Crippen molar-refractivity contribution in [1.29, 1.82) is 0 Å². The zero-order valence-electron chi connectivity index (χ0n) is 13.1. The third-order valence-electron chi connectivity index (χ3n) is 4.33. The Morgan fingerprint density at radius 3 is 2.78 bits per heavy atom. The molecule has 1 saturated heterocycles. The number of carbonyl (C=O) groups excluding carboxylic acids is 2. The maximum absolute atomic E-state index is 12.7. The van der Waals surface area contributed by atoms with Crippen LogP contribution in [0, 0.1) is 0 Å². The molecule has 120 valence electrons. The van der Waals surface area contributed by atoms with Gasteiger partial charge in [0, 0.05) is 49.6 Å². The van der Waals surface area contributed by atoms with Crippen molar-refractivity contribution in [3.63, 3.8) is 0 Å². The number of primary amides is 1. The molecule has 1 unspecified atom stereocenters.